The molecule has 1 spiro atoms. The minimum atomic E-state index is -5.08. The fourth-order valence-electron chi connectivity index (χ4n) is 4.97. The summed E-state index contributed by atoms with van der Waals surface area (Å²) >= 11 is 0. The normalized spacial score (nSPS) is 19.2. The van der Waals surface area contributed by atoms with Crippen molar-refractivity contribution in [3.8, 4) is 0 Å². The van der Waals surface area contributed by atoms with Gasteiger partial charge >= 0.3 is 36.4 Å². The molecule has 1 aromatic rings. The van der Waals surface area contributed by atoms with Gasteiger partial charge in [0.25, 0.3) is 0 Å². The zero-order valence-corrected chi connectivity index (χ0v) is 23.8. The first kappa shape index (κ1) is 39.8. The van der Waals surface area contributed by atoms with E-state index in [1.165, 1.54) is 70.3 Å². The van der Waals surface area contributed by atoms with Crippen LogP contribution < -0.4 is 0 Å². The Morgan fingerprint density at radius 3 is 1.69 bits per heavy atom. The van der Waals surface area contributed by atoms with E-state index in [2.05, 4.69) is 26.9 Å². The topological polar surface area (TPSA) is 140 Å². The third-order valence-electron chi connectivity index (χ3n) is 7.21. The number of aromatic nitrogens is 1. The molecule has 45 heavy (non-hydrogen) atoms. The Kier molecular flexibility index (Phi) is 15.5. The van der Waals surface area contributed by atoms with Crippen molar-refractivity contribution in [2.24, 2.45) is 5.92 Å². The fourth-order valence-corrected chi connectivity index (χ4v) is 4.97. The largest absolute Gasteiger partial charge is 0.490 e. The average Bonchev–Trinajstić information content (AvgIpc) is 3.32. The summed E-state index contributed by atoms with van der Waals surface area (Å²) in [7, 11) is 0. The number of rotatable bonds is 4. The summed E-state index contributed by atoms with van der Waals surface area (Å²) in [6.45, 7) is 8.13. The highest BCUT2D eigenvalue weighted by Gasteiger charge is 2.43. The van der Waals surface area contributed by atoms with Crippen LogP contribution >= 0.6 is 0 Å². The van der Waals surface area contributed by atoms with Gasteiger partial charge in [-0.05, 0) is 75.7 Å². The van der Waals surface area contributed by atoms with Gasteiger partial charge in [0.15, 0.2) is 0 Å². The first-order valence-electron chi connectivity index (χ1n) is 13.5. The number of carbonyl (C=O) groups is 3. The van der Waals surface area contributed by atoms with Gasteiger partial charge in [0, 0.05) is 44.2 Å². The van der Waals surface area contributed by atoms with E-state index in [1.54, 1.807) is 0 Å². The summed E-state index contributed by atoms with van der Waals surface area (Å²) in [5, 5.41) is 21.4. The average molecular weight is 672 g/mol. The second kappa shape index (κ2) is 17.5. The second-order valence-corrected chi connectivity index (χ2v) is 10.4. The van der Waals surface area contributed by atoms with Crippen molar-refractivity contribution in [3.63, 3.8) is 0 Å². The van der Waals surface area contributed by atoms with Gasteiger partial charge in [0.1, 0.15) is 0 Å². The van der Waals surface area contributed by atoms with Gasteiger partial charge in [-0.2, -0.15) is 39.5 Å². The van der Waals surface area contributed by atoms with E-state index >= 15 is 0 Å². The molecule has 0 amide bonds. The number of piperidine rings is 1. The summed E-state index contributed by atoms with van der Waals surface area (Å²) < 4.78 is 101. The SMILES string of the molecule is O=C(O)C(F)(F)F.O=C(O)C(F)(F)F.O=C(O)C(F)(F)F.c1cncc(CN2CCCC23CCN(CC2CCOCC2)CC3)c1. The second-order valence-electron chi connectivity index (χ2n) is 10.4. The van der Waals surface area contributed by atoms with E-state index < -0.39 is 36.4 Å². The van der Waals surface area contributed by atoms with Crippen molar-refractivity contribution in [1.29, 1.82) is 0 Å². The molecular weight excluding hydrogens is 637 g/mol. The molecule has 258 valence electrons. The van der Waals surface area contributed by atoms with Crippen LogP contribution in [0, 0.1) is 5.92 Å². The molecule has 3 N–H and O–H groups in total. The van der Waals surface area contributed by atoms with Gasteiger partial charge in [-0.25, -0.2) is 14.4 Å². The zero-order valence-electron chi connectivity index (χ0n) is 23.8. The Balaban J connectivity index is 0.000000396. The van der Waals surface area contributed by atoms with E-state index in [4.69, 9.17) is 34.4 Å². The Bertz CT molecular complexity index is 1000. The minimum Gasteiger partial charge on any atom is -0.475 e. The fraction of sp³-hybridized carbons (Fsp3) is 0.692. The molecule has 0 aromatic carbocycles. The molecule has 3 aliphatic heterocycles. The molecule has 19 heteroatoms. The molecule has 1 aromatic heterocycles. The quantitative estimate of drug-likeness (QED) is 0.381. The predicted molar refractivity (Wildman–Crippen MR) is 137 cm³/mol. The minimum absolute atomic E-state index is 0.460. The number of pyridine rings is 1. The van der Waals surface area contributed by atoms with Crippen molar-refractivity contribution >= 4 is 17.9 Å². The van der Waals surface area contributed by atoms with Crippen LogP contribution in [-0.4, -0.2) is 111 Å². The third kappa shape index (κ3) is 15.1. The van der Waals surface area contributed by atoms with Gasteiger partial charge in [0.2, 0.25) is 0 Å². The monoisotopic (exact) mass is 671 g/mol. The number of likely N-dealkylation sites (tertiary alicyclic amines) is 2. The maximum absolute atomic E-state index is 10.6. The highest BCUT2D eigenvalue weighted by Crippen LogP contribution is 2.39. The molecule has 3 fully saturated rings. The van der Waals surface area contributed by atoms with Crippen molar-refractivity contribution in [3.05, 3.63) is 30.1 Å². The molecule has 0 unspecified atom stereocenters. The lowest BCUT2D eigenvalue weighted by atomic mass is 9.84. The van der Waals surface area contributed by atoms with E-state index in [1.807, 2.05) is 12.4 Å². The van der Waals surface area contributed by atoms with E-state index in [-0.39, 0.29) is 0 Å². The molecule has 0 radical (unpaired) electrons. The number of aliphatic carboxylic acids is 3. The number of carboxylic acid groups (broad SMARTS) is 3. The molecule has 3 saturated heterocycles. The van der Waals surface area contributed by atoms with Gasteiger partial charge in [-0.15, -0.1) is 0 Å². The lowest BCUT2D eigenvalue weighted by Gasteiger charge is -2.46. The third-order valence-corrected chi connectivity index (χ3v) is 7.21. The highest BCUT2D eigenvalue weighted by molar-refractivity contribution is 5.73. The van der Waals surface area contributed by atoms with Gasteiger partial charge in [-0.3, -0.25) is 9.88 Å². The predicted octanol–water partition coefficient (Wildman–Crippen LogP) is 4.84. The smallest absolute Gasteiger partial charge is 0.475 e. The zero-order chi connectivity index (χ0) is 34.5. The van der Waals surface area contributed by atoms with Gasteiger partial charge in [0.05, 0.1) is 0 Å². The van der Waals surface area contributed by atoms with Crippen LogP contribution in [-0.2, 0) is 25.7 Å². The summed E-state index contributed by atoms with van der Waals surface area (Å²) in [6, 6.07) is 4.29. The molecule has 0 saturated carbocycles. The highest BCUT2D eigenvalue weighted by atomic mass is 19.4. The molecular formula is C26H34F9N3O7. The molecule has 0 bridgehead atoms. The maximum atomic E-state index is 10.6. The molecule has 0 atom stereocenters. The van der Waals surface area contributed by atoms with Crippen LogP contribution in [0.2, 0.25) is 0 Å². The Morgan fingerprint density at radius 2 is 1.29 bits per heavy atom. The van der Waals surface area contributed by atoms with Crippen LogP contribution in [0.3, 0.4) is 0 Å². The number of hydrogen-bond donors (Lipinski definition) is 3. The van der Waals surface area contributed by atoms with Gasteiger partial charge in [-0.1, -0.05) is 6.07 Å². The molecule has 10 nitrogen and oxygen atoms in total. The van der Waals surface area contributed by atoms with Crippen LogP contribution in [0.15, 0.2) is 24.5 Å². The lowest BCUT2D eigenvalue weighted by Crippen LogP contribution is -2.52. The van der Waals surface area contributed by atoms with Crippen molar-refractivity contribution < 1.29 is 74.0 Å². The number of carboxylic acids is 3. The number of nitrogens with zero attached hydrogens (tertiary/aromatic N) is 3. The van der Waals surface area contributed by atoms with Crippen LogP contribution in [0.5, 0.6) is 0 Å². The first-order valence-corrected chi connectivity index (χ1v) is 13.5. The summed E-state index contributed by atoms with van der Waals surface area (Å²) in [4.78, 5) is 36.5. The van der Waals surface area contributed by atoms with E-state index in [0.29, 0.717) is 5.54 Å². The van der Waals surface area contributed by atoms with Crippen LogP contribution in [0.1, 0.15) is 44.1 Å². The number of ether oxygens (including phenoxy) is 1. The molecule has 4 rings (SSSR count). The number of alkyl halides is 9. The van der Waals surface area contributed by atoms with E-state index in [0.717, 1.165) is 25.7 Å². The molecule has 0 aliphatic carbocycles. The van der Waals surface area contributed by atoms with E-state index in [9.17, 15) is 39.5 Å². The number of hydrogen-bond acceptors (Lipinski definition) is 7. The Morgan fingerprint density at radius 1 is 0.822 bits per heavy atom. The molecule has 3 aliphatic rings. The van der Waals surface area contributed by atoms with Crippen LogP contribution in [0.25, 0.3) is 0 Å². The Hall–Kier alpha value is -3.19. The van der Waals surface area contributed by atoms with Crippen molar-refractivity contribution in [2.75, 3.05) is 39.4 Å². The van der Waals surface area contributed by atoms with Crippen molar-refractivity contribution in [2.45, 2.75) is 69.1 Å². The first-order chi connectivity index (χ1) is 20.7. The Labute approximate surface area is 251 Å². The standard InChI is InChI=1S/C20H31N3O.3C2HF3O2/c1-3-19(15-21-9-1)17-23-10-2-6-20(23)7-11-22(12-8-20)16-18-4-13-24-14-5-18;3*3-2(4,5)1(6)7/h1,3,9,15,18H,2,4-8,10-14,16-17H2;3*(H,6,7). The van der Waals surface area contributed by atoms with Gasteiger partial charge < -0.3 is 25.0 Å². The molecule has 4 heterocycles. The summed E-state index contributed by atoms with van der Waals surface area (Å²) in [6.07, 6.45) is -3.39. The van der Waals surface area contributed by atoms with Crippen molar-refractivity contribution in [1.82, 2.24) is 14.8 Å². The van der Waals surface area contributed by atoms with Crippen LogP contribution in [0.4, 0.5) is 39.5 Å². The lowest BCUT2D eigenvalue weighted by molar-refractivity contribution is -0.193. The maximum Gasteiger partial charge on any atom is 0.490 e. The summed E-state index contributed by atoms with van der Waals surface area (Å²) in [5.41, 5.74) is 1.82. The summed E-state index contributed by atoms with van der Waals surface area (Å²) in [5.74, 6) is -7.41. The number of halogens is 9.